The standard InChI is InChI=1S/C25H33FN4O3/c26-23-16-21(33-14-11-30-9-12-32-13-10-30)5-6-22(23)25-28-17-20(18-29-25)15-24(31)27-8-7-19-3-1-2-4-19/h5-6,16-19H,1-4,7-15H2,(H,27,31). The quantitative estimate of drug-likeness (QED) is 0.592. The lowest BCUT2D eigenvalue weighted by Crippen LogP contribution is -2.38. The van der Waals surface area contributed by atoms with E-state index in [1.807, 2.05) is 0 Å². The Hall–Kier alpha value is -2.58. The van der Waals surface area contributed by atoms with Gasteiger partial charge in [-0.3, -0.25) is 9.69 Å². The maximum absolute atomic E-state index is 14.6. The van der Waals surface area contributed by atoms with E-state index >= 15 is 0 Å². The van der Waals surface area contributed by atoms with Crippen molar-refractivity contribution in [1.29, 1.82) is 0 Å². The van der Waals surface area contributed by atoms with Crippen LogP contribution in [0.1, 0.15) is 37.7 Å². The van der Waals surface area contributed by atoms with E-state index in [-0.39, 0.29) is 18.2 Å². The van der Waals surface area contributed by atoms with Crippen LogP contribution in [0.15, 0.2) is 30.6 Å². The molecule has 0 radical (unpaired) electrons. The number of benzene rings is 1. The lowest BCUT2D eigenvalue weighted by atomic mass is 10.0. The molecule has 0 unspecified atom stereocenters. The molecule has 0 atom stereocenters. The molecule has 2 heterocycles. The van der Waals surface area contributed by atoms with Crippen LogP contribution in [0.2, 0.25) is 0 Å². The summed E-state index contributed by atoms with van der Waals surface area (Å²) < 4.78 is 25.7. The number of rotatable bonds is 10. The van der Waals surface area contributed by atoms with Gasteiger partial charge in [0.2, 0.25) is 5.91 Å². The Labute approximate surface area is 194 Å². The number of nitrogens with one attached hydrogen (secondary N) is 1. The first-order valence-electron chi connectivity index (χ1n) is 12.0. The van der Waals surface area contributed by atoms with E-state index in [4.69, 9.17) is 9.47 Å². The Morgan fingerprint density at radius 1 is 1.18 bits per heavy atom. The van der Waals surface area contributed by atoms with E-state index < -0.39 is 5.82 Å². The number of morpholine rings is 1. The first-order valence-corrected chi connectivity index (χ1v) is 12.0. The van der Waals surface area contributed by atoms with Gasteiger partial charge in [0.05, 0.1) is 25.2 Å². The summed E-state index contributed by atoms with van der Waals surface area (Å²) in [6, 6.07) is 4.72. The van der Waals surface area contributed by atoms with Crippen molar-refractivity contribution in [2.24, 2.45) is 5.92 Å². The molecule has 8 heteroatoms. The van der Waals surface area contributed by atoms with Gasteiger partial charge in [0.1, 0.15) is 18.2 Å². The summed E-state index contributed by atoms with van der Waals surface area (Å²) in [5, 5.41) is 2.98. The molecule has 4 rings (SSSR count). The maximum Gasteiger partial charge on any atom is 0.224 e. The summed E-state index contributed by atoms with van der Waals surface area (Å²) in [5.41, 5.74) is 1.02. The molecule has 2 aromatic rings. The third-order valence-corrected chi connectivity index (χ3v) is 6.38. The molecule has 1 saturated heterocycles. The van der Waals surface area contributed by atoms with Crippen LogP contribution in [-0.4, -0.2) is 66.8 Å². The normalized spacial score (nSPS) is 17.2. The molecule has 0 bridgehead atoms. The molecule has 1 N–H and O–H groups in total. The van der Waals surface area contributed by atoms with Crippen LogP contribution in [-0.2, 0) is 16.0 Å². The number of carbonyl (C=O) groups excluding carboxylic acids is 1. The number of hydrogen-bond acceptors (Lipinski definition) is 6. The zero-order valence-corrected chi connectivity index (χ0v) is 19.1. The van der Waals surface area contributed by atoms with Crippen LogP contribution in [0.5, 0.6) is 5.75 Å². The molecule has 1 aliphatic heterocycles. The molecular formula is C25H33FN4O3. The highest BCUT2D eigenvalue weighted by molar-refractivity contribution is 5.78. The molecular weight excluding hydrogens is 423 g/mol. The van der Waals surface area contributed by atoms with Crippen molar-refractivity contribution < 1.29 is 18.7 Å². The molecule has 0 spiro atoms. The number of aromatic nitrogens is 2. The summed E-state index contributed by atoms with van der Waals surface area (Å²) in [4.78, 5) is 23.0. The fourth-order valence-electron chi connectivity index (χ4n) is 4.43. The summed E-state index contributed by atoms with van der Waals surface area (Å²) in [7, 11) is 0. The average molecular weight is 457 g/mol. The van der Waals surface area contributed by atoms with E-state index in [9.17, 15) is 9.18 Å². The predicted octanol–water partition coefficient (Wildman–Crippen LogP) is 3.23. The second-order valence-corrected chi connectivity index (χ2v) is 8.82. The molecule has 1 aromatic carbocycles. The van der Waals surface area contributed by atoms with Crippen molar-refractivity contribution in [2.45, 2.75) is 38.5 Å². The molecule has 1 aromatic heterocycles. The molecule has 1 saturated carbocycles. The van der Waals surface area contributed by atoms with Gasteiger partial charge in [0, 0.05) is 44.6 Å². The number of halogens is 1. The van der Waals surface area contributed by atoms with Gasteiger partial charge < -0.3 is 14.8 Å². The SMILES string of the molecule is O=C(Cc1cnc(-c2ccc(OCCN3CCOCC3)cc2F)nc1)NCCC1CCCC1. The summed E-state index contributed by atoms with van der Waals surface area (Å²) >= 11 is 0. The highest BCUT2D eigenvalue weighted by Gasteiger charge is 2.15. The Morgan fingerprint density at radius 2 is 1.94 bits per heavy atom. The van der Waals surface area contributed by atoms with Gasteiger partial charge in [-0.15, -0.1) is 0 Å². The fraction of sp³-hybridized carbons (Fsp3) is 0.560. The third-order valence-electron chi connectivity index (χ3n) is 6.38. The van der Waals surface area contributed by atoms with Crippen molar-refractivity contribution in [3.8, 4) is 17.1 Å². The topological polar surface area (TPSA) is 76.6 Å². The summed E-state index contributed by atoms with van der Waals surface area (Å²) in [5.74, 6) is 1.06. The minimum atomic E-state index is -0.434. The van der Waals surface area contributed by atoms with Crippen LogP contribution in [0.25, 0.3) is 11.4 Å². The minimum Gasteiger partial charge on any atom is -0.492 e. The molecule has 178 valence electrons. The Kier molecular flexibility index (Phi) is 8.60. The minimum absolute atomic E-state index is 0.0332. The van der Waals surface area contributed by atoms with Crippen molar-refractivity contribution in [3.63, 3.8) is 0 Å². The van der Waals surface area contributed by atoms with E-state index in [1.54, 1.807) is 24.5 Å². The van der Waals surface area contributed by atoms with Gasteiger partial charge in [-0.25, -0.2) is 14.4 Å². The molecule has 2 aliphatic rings. The lowest BCUT2D eigenvalue weighted by molar-refractivity contribution is -0.120. The van der Waals surface area contributed by atoms with E-state index in [0.717, 1.165) is 45.2 Å². The summed E-state index contributed by atoms with van der Waals surface area (Å²) in [6.45, 7) is 5.27. The van der Waals surface area contributed by atoms with Crippen molar-refractivity contribution >= 4 is 5.91 Å². The van der Waals surface area contributed by atoms with Crippen molar-refractivity contribution in [1.82, 2.24) is 20.2 Å². The Balaban J connectivity index is 1.23. The van der Waals surface area contributed by atoms with Crippen LogP contribution in [0, 0.1) is 11.7 Å². The maximum atomic E-state index is 14.6. The smallest absolute Gasteiger partial charge is 0.224 e. The number of nitrogens with zero attached hydrogens (tertiary/aromatic N) is 3. The van der Waals surface area contributed by atoms with Crippen LogP contribution in [0.3, 0.4) is 0 Å². The van der Waals surface area contributed by atoms with Crippen molar-refractivity contribution in [2.75, 3.05) is 46.0 Å². The van der Waals surface area contributed by atoms with Crippen LogP contribution >= 0.6 is 0 Å². The highest BCUT2D eigenvalue weighted by atomic mass is 19.1. The van der Waals surface area contributed by atoms with Crippen molar-refractivity contribution in [3.05, 3.63) is 42.0 Å². The Bertz CT molecular complexity index is 897. The van der Waals surface area contributed by atoms with Crippen LogP contribution < -0.4 is 10.1 Å². The molecule has 33 heavy (non-hydrogen) atoms. The number of ether oxygens (including phenoxy) is 2. The lowest BCUT2D eigenvalue weighted by Gasteiger charge is -2.26. The van der Waals surface area contributed by atoms with E-state index in [2.05, 4.69) is 20.2 Å². The van der Waals surface area contributed by atoms with Gasteiger partial charge >= 0.3 is 0 Å². The zero-order valence-electron chi connectivity index (χ0n) is 19.1. The van der Waals surface area contributed by atoms with Gasteiger partial charge in [0.25, 0.3) is 0 Å². The Morgan fingerprint density at radius 3 is 2.67 bits per heavy atom. The fourth-order valence-corrected chi connectivity index (χ4v) is 4.43. The monoisotopic (exact) mass is 456 g/mol. The second-order valence-electron chi connectivity index (χ2n) is 8.82. The number of amides is 1. The largest absolute Gasteiger partial charge is 0.492 e. The number of hydrogen-bond donors (Lipinski definition) is 1. The zero-order chi connectivity index (χ0) is 22.9. The summed E-state index contributed by atoms with van der Waals surface area (Å²) in [6.07, 6.45) is 9.64. The van der Waals surface area contributed by atoms with Gasteiger partial charge in [-0.1, -0.05) is 25.7 Å². The van der Waals surface area contributed by atoms with Gasteiger partial charge in [-0.2, -0.15) is 0 Å². The third kappa shape index (κ3) is 7.20. The first-order chi connectivity index (χ1) is 16.2. The number of carbonyl (C=O) groups is 1. The molecule has 1 amide bonds. The molecule has 7 nitrogen and oxygen atoms in total. The predicted molar refractivity (Wildman–Crippen MR) is 123 cm³/mol. The first kappa shape index (κ1) is 23.6. The van der Waals surface area contributed by atoms with E-state index in [1.165, 1.54) is 31.7 Å². The molecule has 1 aliphatic carbocycles. The van der Waals surface area contributed by atoms with Gasteiger partial charge in [-0.05, 0) is 30.0 Å². The van der Waals surface area contributed by atoms with Crippen LogP contribution in [0.4, 0.5) is 4.39 Å². The average Bonchev–Trinajstić information content (AvgIpc) is 3.34. The second kappa shape index (κ2) is 12.0. The molecule has 2 fully saturated rings. The van der Waals surface area contributed by atoms with E-state index in [0.29, 0.717) is 30.0 Å². The highest BCUT2D eigenvalue weighted by Crippen LogP contribution is 2.27. The van der Waals surface area contributed by atoms with Gasteiger partial charge in [0.15, 0.2) is 5.82 Å².